The number of amides is 1. The van der Waals surface area contributed by atoms with Gasteiger partial charge in [0.1, 0.15) is 5.69 Å². The van der Waals surface area contributed by atoms with Gasteiger partial charge >= 0.3 is 0 Å². The highest BCUT2D eigenvalue weighted by Gasteiger charge is 2.11. The molecule has 1 aromatic heterocycles. The molecule has 0 aromatic carbocycles. The number of rotatable bonds is 6. The lowest BCUT2D eigenvalue weighted by molar-refractivity contribution is 0.0931. The molecule has 0 saturated carbocycles. The first-order valence-corrected chi connectivity index (χ1v) is 6.80. The summed E-state index contributed by atoms with van der Waals surface area (Å²) in [5.41, 5.74) is 0.718. The average Bonchev–Trinajstić information content (AvgIpc) is 2.65. The molecule has 0 saturated heterocycles. The fourth-order valence-corrected chi connectivity index (χ4v) is 2.28. The van der Waals surface area contributed by atoms with E-state index in [0.29, 0.717) is 0 Å². The molecule has 1 amide bonds. The second kappa shape index (κ2) is 6.63. The van der Waals surface area contributed by atoms with Crippen LogP contribution in [0.4, 0.5) is 0 Å². The van der Waals surface area contributed by atoms with E-state index < -0.39 is 0 Å². The molecular formula is C12H20N2OS. The van der Waals surface area contributed by atoms with E-state index in [1.807, 2.05) is 41.7 Å². The number of aryl methyl sites for hydroxylation is 1. The molecule has 0 spiro atoms. The smallest absolute Gasteiger partial charge is 0.268 e. The van der Waals surface area contributed by atoms with Gasteiger partial charge in [-0.05, 0) is 37.0 Å². The molecule has 0 radical (unpaired) electrons. The van der Waals surface area contributed by atoms with Crippen LogP contribution in [0.1, 0.15) is 30.8 Å². The van der Waals surface area contributed by atoms with Crippen LogP contribution in [0, 0.1) is 0 Å². The van der Waals surface area contributed by atoms with Crippen molar-refractivity contribution in [1.29, 1.82) is 0 Å². The third kappa shape index (κ3) is 3.93. The third-order valence-electron chi connectivity index (χ3n) is 2.45. The summed E-state index contributed by atoms with van der Waals surface area (Å²) in [6.07, 6.45) is 2.90. The Hall–Kier alpha value is -0.900. The van der Waals surface area contributed by atoms with Gasteiger partial charge in [-0.3, -0.25) is 4.79 Å². The summed E-state index contributed by atoms with van der Waals surface area (Å²) in [6.45, 7) is 4.20. The summed E-state index contributed by atoms with van der Waals surface area (Å²) in [6, 6.07) is 3.96. The van der Waals surface area contributed by atoms with Gasteiger partial charge in [-0.2, -0.15) is 11.8 Å². The number of carbonyl (C=O) groups excluding carboxylic acids is 1. The van der Waals surface area contributed by atoms with Crippen LogP contribution in [0.15, 0.2) is 18.3 Å². The van der Waals surface area contributed by atoms with Crippen molar-refractivity contribution < 1.29 is 4.79 Å². The molecule has 0 bridgehead atoms. The fourth-order valence-electron chi connectivity index (χ4n) is 1.47. The van der Waals surface area contributed by atoms with Gasteiger partial charge in [0.05, 0.1) is 0 Å². The van der Waals surface area contributed by atoms with Crippen LogP contribution in [0.25, 0.3) is 0 Å². The molecule has 0 aliphatic carbocycles. The van der Waals surface area contributed by atoms with Crippen molar-refractivity contribution in [3.63, 3.8) is 0 Å². The van der Waals surface area contributed by atoms with Gasteiger partial charge in [-0.15, -0.1) is 0 Å². The zero-order valence-electron chi connectivity index (χ0n) is 10.2. The Labute approximate surface area is 102 Å². The summed E-state index contributed by atoms with van der Waals surface area (Å²) < 4.78 is 1.84. The summed E-state index contributed by atoms with van der Waals surface area (Å²) in [5.74, 6) is 2.25. The number of nitrogens with zero attached hydrogens (tertiary/aromatic N) is 1. The van der Waals surface area contributed by atoms with Crippen LogP contribution in [-0.4, -0.2) is 28.0 Å². The summed E-state index contributed by atoms with van der Waals surface area (Å²) in [4.78, 5) is 11.8. The lowest BCUT2D eigenvalue weighted by atomic mass is 10.2. The Morgan fingerprint density at radius 2 is 2.38 bits per heavy atom. The van der Waals surface area contributed by atoms with E-state index in [-0.39, 0.29) is 11.9 Å². The number of carbonyl (C=O) groups is 1. The van der Waals surface area contributed by atoms with Crippen molar-refractivity contribution in [1.82, 2.24) is 9.88 Å². The molecule has 90 valence electrons. The molecule has 1 rings (SSSR count). The van der Waals surface area contributed by atoms with E-state index in [0.717, 1.165) is 23.6 Å². The van der Waals surface area contributed by atoms with Crippen LogP contribution in [0.3, 0.4) is 0 Å². The quantitative estimate of drug-likeness (QED) is 0.774. The van der Waals surface area contributed by atoms with Crippen LogP contribution >= 0.6 is 11.8 Å². The van der Waals surface area contributed by atoms with E-state index in [4.69, 9.17) is 0 Å². The largest absolute Gasteiger partial charge is 0.348 e. The Bertz CT molecular complexity index is 336. The molecule has 4 heteroatoms. The van der Waals surface area contributed by atoms with Gasteiger partial charge in [-0.1, -0.05) is 6.92 Å². The Kier molecular flexibility index (Phi) is 5.46. The van der Waals surface area contributed by atoms with Crippen LogP contribution in [-0.2, 0) is 7.05 Å². The molecule has 0 aliphatic heterocycles. The van der Waals surface area contributed by atoms with E-state index in [1.54, 1.807) is 0 Å². The predicted octanol–water partition coefficient (Wildman–Crippen LogP) is 2.29. The standard InChI is InChI=1S/C12H20N2OS/c1-4-16-9-7-10(2)13-12(15)11-6-5-8-14(11)3/h5-6,8,10H,4,7,9H2,1-3H3,(H,13,15)/t10-/m1/s1. The summed E-state index contributed by atoms with van der Waals surface area (Å²) in [5, 5.41) is 3.01. The average molecular weight is 240 g/mol. The molecule has 3 nitrogen and oxygen atoms in total. The minimum atomic E-state index is 0.0153. The lowest BCUT2D eigenvalue weighted by Gasteiger charge is -2.13. The summed E-state index contributed by atoms with van der Waals surface area (Å²) >= 11 is 1.91. The van der Waals surface area contributed by atoms with Crippen molar-refractivity contribution in [2.75, 3.05) is 11.5 Å². The van der Waals surface area contributed by atoms with Crippen LogP contribution in [0.2, 0.25) is 0 Å². The van der Waals surface area contributed by atoms with Gasteiger partial charge < -0.3 is 9.88 Å². The molecule has 1 heterocycles. The number of hydrogen-bond donors (Lipinski definition) is 1. The second-order valence-corrected chi connectivity index (χ2v) is 5.26. The maximum Gasteiger partial charge on any atom is 0.268 e. The molecule has 1 N–H and O–H groups in total. The number of aromatic nitrogens is 1. The van der Waals surface area contributed by atoms with Crippen molar-refractivity contribution >= 4 is 17.7 Å². The van der Waals surface area contributed by atoms with E-state index in [1.165, 1.54) is 0 Å². The summed E-state index contributed by atoms with van der Waals surface area (Å²) in [7, 11) is 1.88. The molecular weight excluding hydrogens is 220 g/mol. The molecule has 1 atom stereocenters. The maximum atomic E-state index is 11.8. The second-order valence-electron chi connectivity index (χ2n) is 3.86. The van der Waals surface area contributed by atoms with Gasteiger partial charge in [0.25, 0.3) is 5.91 Å². The first-order valence-electron chi connectivity index (χ1n) is 5.65. The molecule has 0 unspecified atom stereocenters. The van der Waals surface area contributed by atoms with Crippen molar-refractivity contribution in [3.05, 3.63) is 24.0 Å². The van der Waals surface area contributed by atoms with Gasteiger partial charge in [0.15, 0.2) is 0 Å². The highest BCUT2D eigenvalue weighted by Crippen LogP contribution is 2.05. The zero-order valence-corrected chi connectivity index (χ0v) is 11.0. The highest BCUT2D eigenvalue weighted by atomic mass is 32.2. The van der Waals surface area contributed by atoms with Crippen molar-refractivity contribution in [2.24, 2.45) is 7.05 Å². The first kappa shape index (κ1) is 13.2. The number of nitrogens with one attached hydrogen (secondary N) is 1. The number of thioether (sulfide) groups is 1. The van der Waals surface area contributed by atoms with Crippen molar-refractivity contribution in [2.45, 2.75) is 26.3 Å². The predicted molar refractivity (Wildman–Crippen MR) is 70.0 cm³/mol. The number of hydrogen-bond acceptors (Lipinski definition) is 2. The van der Waals surface area contributed by atoms with E-state index >= 15 is 0 Å². The Morgan fingerprint density at radius 3 is 2.94 bits per heavy atom. The maximum absolute atomic E-state index is 11.8. The SMILES string of the molecule is CCSCC[C@@H](C)NC(=O)c1cccn1C. The normalized spacial score (nSPS) is 12.4. The monoisotopic (exact) mass is 240 g/mol. The topological polar surface area (TPSA) is 34.0 Å². The molecule has 0 fully saturated rings. The Morgan fingerprint density at radius 1 is 1.62 bits per heavy atom. The van der Waals surface area contributed by atoms with Crippen LogP contribution < -0.4 is 5.32 Å². The van der Waals surface area contributed by atoms with Gasteiger partial charge in [-0.25, -0.2) is 0 Å². The minimum absolute atomic E-state index is 0.0153. The first-order chi connectivity index (χ1) is 7.65. The van der Waals surface area contributed by atoms with E-state index in [9.17, 15) is 4.79 Å². The van der Waals surface area contributed by atoms with E-state index in [2.05, 4.69) is 19.2 Å². The molecule has 16 heavy (non-hydrogen) atoms. The minimum Gasteiger partial charge on any atom is -0.348 e. The molecule has 1 aromatic rings. The third-order valence-corrected chi connectivity index (χ3v) is 3.39. The van der Waals surface area contributed by atoms with Crippen molar-refractivity contribution in [3.8, 4) is 0 Å². The Balaban J connectivity index is 2.37. The lowest BCUT2D eigenvalue weighted by Crippen LogP contribution is -2.34. The fraction of sp³-hybridized carbons (Fsp3) is 0.583. The van der Waals surface area contributed by atoms with Gasteiger partial charge in [0.2, 0.25) is 0 Å². The highest BCUT2D eigenvalue weighted by molar-refractivity contribution is 7.99. The zero-order chi connectivity index (χ0) is 12.0. The van der Waals surface area contributed by atoms with Crippen LogP contribution in [0.5, 0.6) is 0 Å². The van der Waals surface area contributed by atoms with Gasteiger partial charge in [0, 0.05) is 19.3 Å². The molecule has 0 aliphatic rings.